The minimum Gasteiger partial charge on any atom is -0.358 e. The Morgan fingerprint density at radius 1 is 1.48 bits per heavy atom. The minimum absolute atomic E-state index is 0.266. The van der Waals surface area contributed by atoms with Gasteiger partial charge in [0.05, 0.1) is 0 Å². The second kappa shape index (κ2) is 5.70. The van der Waals surface area contributed by atoms with Crippen LogP contribution in [-0.2, 0) is 11.3 Å². The van der Waals surface area contributed by atoms with Crippen molar-refractivity contribution in [3.8, 4) is 0 Å². The van der Waals surface area contributed by atoms with Gasteiger partial charge < -0.3 is 15.4 Å². The Morgan fingerprint density at radius 2 is 2.19 bits per heavy atom. The first-order valence-electron chi connectivity index (χ1n) is 6.11. The predicted octanol–water partition coefficient (Wildman–Crippen LogP) is 2.19. The monoisotopic (exact) mass is 292 g/mol. The van der Waals surface area contributed by atoms with Crippen molar-refractivity contribution in [1.82, 2.24) is 9.55 Å². The van der Waals surface area contributed by atoms with Gasteiger partial charge in [-0.15, -0.1) is 0 Å². The number of carbonyl (C=O) groups excluding carboxylic acids is 1. The quantitative estimate of drug-likeness (QED) is 0.690. The van der Waals surface area contributed by atoms with Crippen molar-refractivity contribution in [3.05, 3.63) is 51.7 Å². The SMILES string of the molecule is Cc1ccc(NC(=O)Cn2c([N+](=O)[O-])cnc2C)cc1F. The summed E-state index contributed by atoms with van der Waals surface area (Å²) in [5.74, 6) is -0.843. The van der Waals surface area contributed by atoms with E-state index < -0.39 is 16.6 Å². The molecule has 0 aliphatic rings. The number of nitrogens with one attached hydrogen (secondary N) is 1. The number of halogens is 1. The number of benzene rings is 1. The van der Waals surface area contributed by atoms with Crippen LogP contribution >= 0.6 is 0 Å². The number of hydrogen-bond acceptors (Lipinski definition) is 4. The summed E-state index contributed by atoms with van der Waals surface area (Å²) in [7, 11) is 0. The van der Waals surface area contributed by atoms with E-state index >= 15 is 0 Å². The van der Waals surface area contributed by atoms with Gasteiger partial charge in [0.15, 0.2) is 12.4 Å². The number of nitro groups is 1. The van der Waals surface area contributed by atoms with Crippen molar-refractivity contribution in [2.45, 2.75) is 20.4 Å². The molecule has 110 valence electrons. The fourth-order valence-corrected chi connectivity index (χ4v) is 1.81. The molecule has 1 N–H and O–H groups in total. The highest BCUT2D eigenvalue weighted by molar-refractivity contribution is 5.90. The topological polar surface area (TPSA) is 90.1 Å². The average molecular weight is 292 g/mol. The Morgan fingerprint density at radius 3 is 2.81 bits per heavy atom. The largest absolute Gasteiger partial charge is 0.358 e. The molecule has 0 aliphatic heterocycles. The maximum Gasteiger partial charge on any atom is 0.343 e. The van der Waals surface area contributed by atoms with Gasteiger partial charge in [-0.25, -0.2) is 13.9 Å². The molecule has 0 fully saturated rings. The van der Waals surface area contributed by atoms with Crippen LogP contribution in [0, 0.1) is 29.8 Å². The van der Waals surface area contributed by atoms with E-state index in [4.69, 9.17) is 0 Å². The van der Waals surface area contributed by atoms with E-state index in [0.717, 1.165) is 6.20 Å². The number of aromatic nitrogens is 2. The lowest BCUT2D eigenvalue weighted by molar-refractivity contribution is -0.392. The number of rotatable bonds is 4. The number of amides is 1. The van der Waals surface area contributed by atoms with Crippen LogP contribution in [0.2, 0.25) is 0 Å². The van der Waals surface area contributed by atoms with Gasteiger partial charge in [-0.3, -0.25) is 4.79 Å². The maximum atomic E-state index is 13.4. The third kappa shape index (κ3) is 3.22. The predicted molar refractivity (Wildman–Crippen MR) is 73.4 cm³/mol. The summed E-state index contributed by atoms with van der Waals surface area (Å²) in [5, 5.41) is 13.3. The summed E-state index contributed by atoms with van der Waals surface area (Å²) in [6.45, 7) is 2.91. The fraction of sp³-hybridized carbons (Fsp3) is 0.231. The summed E-state index contributed by atoms with van der Waals surface area (Å²) < 4.78 is 14.6. The molecule has 1 aromatic carbocycles. The molecule has 0 unspecified atom stereocenters. The summed E-state index contributed by atoms with van der Waals surface area (Å²) in [5.41, 5.74) is 0.762. The van der Waals surface area contributed by atoms with Crippen LogP contribution in [0.1, 0.15) is 11.4 Å². The Balaban J connectivity index is 2.13. The number of hydrogen-bond donors (Lipinski definition) is 1. The van der Waals surface area contributed by atoms with Gasteiger partial charge in [-0.2, -0.15) is 0 Å². The first-order valence-corrected chi connectivity index (χ1v) is 6.11. The van der Waals surface area contributed by atoms with Crippen LogP contribution in [-0.4, -0.2) is 20.4 Å². The van der Waals surface area contributed by atoms with Crippen LogP contribution in [0.4, 0.5) is 15.9 Å². The van der Waals surface area contributed by atoms with Gasteiger partial charge >= 0.3 is 5.82 Å². The Labute approximate surface area is 119 Å². The van der Waals surface area contributed by atoms with Crippen LogP contribution in [0.15, 0.2) is 24.4 Å². The van der Waals surface area contributed by atoms with Crippen molar-refractivity contribution >= 4 is 17.4 Å². The van der Waals surface area contributed by atoms with Crippen molar-refractivity contribution in [2.75, 3.05) is 5.32 Å². The minimum atomic E-state index is -0.612. The van der Waals surface area contributed by atoms with Gasteiger partial charge in [0.2, 0.25) is 0 Å². The molecule has 7 nitrogen and oxygen atoms in total. The molecular formula is C13H13FN4O3. The third-order valence-electron chi connectivity index (χ3n) is 2.98. The standard InChI is InChI=1S/C13H13FN4O3/c1-8-3-4-10(5-11(8)14)16-12(19)7-17-9(2)15-6-13(17)18(20)21/h3-6H,7H2,1-2H3,(H,16,19). The Hall–Kier alpha value is -2.77. The van der Waals surface area contributed by atoms with Crippen LogP contribution in [0.5, 0.6) is 0 Å². The lowest BCUT2D eigenvalue weighted by Gasteiger charge is -2.06. The second-order valence-electron chi connectivity index (χ2n) is 4.52. The van der Waals surface area contributed by atoms with Crippen molar-refractivity contribution < 1.29 is 14.1 Å². The van der Waals surface area contributed by atoms with E-state index in [0.29, 0.717) is 17.1 Å². The molecule has 0 bridgehead atoms. The molecule has 0 aliphatic carbocycles. The summed E-state index contributed by atoms with van der Waals surface area (Å²) in [4.78, 5) is 25.9. The van der Waals surface area contributed by atoms with E-state index in [1.807, 2.05) is 0 Å². The molecule has 0 radical (unpaired) electrons. The Bertz CT molecular complexity index is 711. The zero-order valence-electron chi connectivity index (χ0n) is 11.5. The molecule has 0 spiro atoms. The first-order chi connectivity index (χ1) is 9.88. The van der Waals surface area contributed by atoms with E-state index in [9.17, 15) is 19.3 Å². The maximum absolute atomic E-state index is 13.4. The number of aryl methyl sites for hydroxylation is 2. The Kier molecular flexibility index (Phi) is 3.97. The zero-order valence-corrected chi connectivity index (χ0v) is 11.5. The highest BCUT2D eigenvalue weighted by atomic mass is 19.1. The van der Waals surface area contributed by atoms with Gasteiger partial charge in [0, 0.05) is 12.6 Å². The molecule has 1 heterocycles. The van der Waals surface area contributed by atoms with Gasteiger partial charge in [0.25, 0.3) is 5.91 Å². The fourth-order valence-electron chi connectivity index (χ4n) is 1.81. The molecule has 1 aromatic heterocycles. The highest BCUT2D eigenvalue weighted by Crippen LogP contribution is 2.16. The molecule has 0 atom stereocenters. The molecule has 2 aromatic rings. The number of imidazole rings is 1. The highest BCUT2D eigenvalue weighted by Gasteiger charge is 2.20. The van der Waals surface area contributed by atoms with Crippen molar-refractivity contribution in [1.29, 1.82) is 0 Å². The third-order valence-corrected chi connectivity index (χ3v) is 2.98. The molecule has 21 heavy (non-hydrogen) atoms. The van der Waals surface area contributed by atoms with E-state index in [1.165, 1.54) is 16.7 Å². The lowest BCUT2D eigenvalue weighted by Crippen LogP contribution is -2.20. The number of anilines is 1. The summed E-state index contributed by atoms with van der Waals surface area (Å²) >= 11 is 0. The number of carbonyl (C=O) groups is 1. The van der Waals surface area contributed by atoms with E-state index in [-0.39, 0.29) is 12.4 Å². The normalized spacial score (nSPS) is 10.4. The van der Waals surface area contributed by atoms with Gasteiger partial charge in [-0.1, -0.05) is 6.07 Å². The van der Waals surface area contributed by atoms with E-state index in [1.54, 1.807) is 19.9 Å². The molecule has 1 amide bonds. The molecule has 0 saturated heterocycles. The van der Waals surface area contributed by atoms with Crippen LogP contribution in [0.3, 0.4) is 0 Å². The molecule has 2 rings (SSSR count). The second-order valence-corrected chi connectivity index (χ2v) is 4.52. The average Bonchev–Trinajstić information content (AvgIpc) is 2.76. The van der Waals surface area contributed by atoms with Crippen molar-refractivity contribution in [2.24, 2.45) is 0 Å². The zero-order chi connectivity index (χ0) is 15.6. The summed E-state index contributed by atoms with van der Waals surface area (Å²) in [6.07, 6.45) is 1.09. The van der Waals surface area contributed by atoms with Crippen LogP contribution < -0.4 is 5.32 Å². The first kappa shape index (κ1) is 14.6. The molecule has 8 heteroatoms. The lowest BCUT2D eigenvalue weighted by atomic mass is 10.2. The van der Waals surface area contributed by atoms with Crippen molar-refractivity contribution in [3.63, 3.8) is 0 Å². The van der Waals surface area contributed by atoms with E-state index in [2.05, 4.69) is 10.3 Å². The summed E-state index contributed by atoms with van der Waals surface area (Å²) in [6, 6.07) is 4.30. The molecule has 0 saturated carbocycles. The van der Waals surface area contributed by atoms with Crippen LogP contribution in [0.25, 0.3) is 0 Å². The van der Waals surface area contributed by atoms with Gasteiger partial charge in [-0.05, 0) is 29.5 Å². The number of nitrogens with zero attached hydrogens (tertiary/aromatic N) is 3. The van der Waals surface area contributed by atoms with Gasteiger partial charge in [0.1, 0.15) is 12.0 Å². The molecular weight excluding hydrogens is 279 g/mol. The smallest absolute Gasteiger partial charge is 0.343 e.